The third kappa shape index (κ3) is 4.18. The molecule has 0 bridgehead atoms. The zero-order valence-corrected chi connectivity index (χ0v) is 12.4. The maximum atomic E-state index is 12.3. The van der Waals surface area contributed by atoms with Crippen molar-refractivity contribution in [1.29, 1.82) is 0 Å². The Labute approximate surface area is 122 Å². The number of rotatable bonds is 5. The van der Waals surface area contributed by atoms with Crippen molar-refractivity contribution in [3.8, 4) is 0 Å². The number of alkyl halides is 3. The molecule has 1 aromatic rings. The second-order valence-corrected chi connectivity index (χ2v) is 6.25. The maximum Gasteiger partial charge on any atom is 0.390 e. The molecule has 0 radical (unpaired) electrons. The van der Waals surface area contributed by atoms with Gasteiger partial charge in [-0.1, -0.05) is 0 Å². The highest BCUT2D eigenvalue weighted by Crippen LogP contribution is 2.22. The van der Waals surface area contributed by atoms with Crippen molar-refractivity contribution in [2.75, 3.05) is 6.61 Å². The minimum atomic E-state index is -4.70. The van der Waals surface area contributed by atoms with E-state index in [0.717, 1.165) is 11.6 Å². The molecule has 8 nitrogen and oxygen atoms in total. The van der Waals surface area contributed by atoms with Crippen LogP contribution >= 0.6 is 0 Å². The monoisotopic (exact) mass is 345 g/mol. The molecule has 2 N–H and O–H groups in total. The normalized spacial score (nSPS) is 14.1. The van der Waals surface area contributed by atoms with Gasteiger partial charge < -0.3 is 9.67 Å². The fourth-order valence-electron chi connectivity index (χ4n) is 1.67. The van der Waals surface area contributed by atoms with Gasteiger partial charge >= 0.3 is 11.9 Å². The van der Waals surface area contributed by atoms with Crippen LogP contribution in [0.2, 0.25) is 0 Å². The Morgan fingerprint density at radius 3 is 2.32 bits per heavy atom. The predicted octanol–water partition coefficient (Wildman–Crippen LogP) is -1.32. The number of hydrogen-bond donors (Lipinski definition) is 2. The lowest BCUT2D eigenvalue weighted by molar-refractivity contribution is -0.140. The van der Waals surface area contributed by atoms with E-state index in [2.05, 4.69) is 0 Å². The molecule has 1 heterocycles. The van der Waals surface area contributed by atoms with Crippen LogP contribution in [0.1, 0.15) is 6.42 Å². The minimum Gasteiger partial charge on any atom is -0.395 e. The van der Waals surface area contributed by atoms with E-state index < -0.39 is 51.4 Å². The van der Waals surface area contributed by atoms with Crippen molar-refractivity contribution in [3.63, 3.8) is 0 Å². The first-order valence-electron chi connectivity index (χ1n) is 5.85. The van der Waals surface area contributed by atoms with Gasteiger partial charge in [0.1, 0.15) is 0 Å². The van der Waals surface area contributed by atoms with Gasteiger partial charge in [0.05, 0.1) is 19.1 Å². The Balaban J connectivity index is 3.26. The molecule has 12 heteroatoms. The lowest BCUT2D eigenvalue weighted by Crippen LogP contribution is -2.45. The summed E-state index contributed by atoms with van der Waals surface area (Å²) in [7, 11) is -2.43. The Hall–Kier alpha value is -1.66. The van der Waals surface area contributed by atoms with E-state index in [9.17, 15) is 31.2 Å². The predicted molar refractivity (Wildman–Crippen MR) is 68.8 cm³/mol. The smallest absolute Gasteiger partial charge is 0.390 e. The van der Waals surface area contributed by atoms with Crippen molar-refractivity contribution in [1.82, 2.24) is 13.9 Å². The van der Waals surface area contributed by atoms with E-state index in [1.54, 1.807) is 4.72 Å². The van der Waals surface area contributed by atoms with Gasteiger partial charge in [-0.2, -0.15) is 13.2 Å². The molecular weight excluding hydrogens is 331 g/mol. The summed E-state index contributed by atoms with van der Waals surface area (Å²) in [5.41, 5.74) is -1.97. The van der Waals surface area contributed by atoms with E-state index >= 15 is 0 Å². The number of aryl methyl sites for hydroxylation is 1. The Kier molecular flexibility index (Phi) is 5.20. The van der Waals surface area contributed by atoms with Crippen molar-refractivity contribution < 1.29 is 26.7 Å². The molecule has 1 rings (SSSR count). The number of aliphatic hydroxyl groups excluding tert-OH is 1. The van der Waals surface area contributed by atoms with E-state index in [0.29, 0.717) is 10.8 Å². The molecule has 0 fully saturated rings. The van der Waals surface area contributed by atoms with Crippen molar-refractivity contribution >= 4 is 10.0 Å². The number of aliphatic hydroxyl groups is 1. The molecule has 0 amide bonds. The number of nitrogens with one attached hydrogen (secondary N) is 1. The Bertz CT molecular complexity index is 765. The molecule has 0 aliphatic heterocycles. The van der Waals surface area contributed by atoms with Crippen LogP contribution in [0.5, 0.6) is 0 Å². The molecule has 1 unspecified atom stereocenters. The summed E-state index contributed by atoms with van der Waals surface area (Å²) in [5.74, 6) is 0. The van der Waals surface area contributed by atoms with Gasteiger partial charge in [0.15, 0.2) is 4.90 Å². The summed E-state index contributed by atoms with van der Waals surface area (Å²) in [4.78, 5) is 22.4. The lowest BCUT2D eigenvalue weighted by Gasteiger charge is -2.18. The summed E-state index contributed by atoms with van der Waals surface area (Å²) >= 11 is 0. The standard InChI is InChI=1S/C10H14F3N3O5S/c1-15-4-7(8(18)16(2)9(15)19)22(20,21)14-6(5-17)3-10(11,12)13/h4,6,14,17H,3,5H2,1-2H3. The molecule has 0 spiro atoms. The van der Waals surface area contributed by atoms with E-state index in [-0.39, 0.29) is 0 Å². The number of sulfonamides is 1. The first-order chi connectivity index (χ1) is 9.89. The van der Waals surface area contributed by atoms with Crippen molar-refractivity contribution in [2.45, 2.75) is 23.5 Å². The molecular formula is C10H14F3N3O5S. The van der Waals surface area contributed by atoms with Gasteiger partial charge in [-0.15, -0.1) is 0 Å². The number of aromatic nitrogens is 2. The molecule has 0 saturated heterocycles. The Morgan fingerprint density at radius 2 is 1.86 bits per heavy atom. The van der Waals surface area contributed by atoms with Crippen LogP contribution in [0, 0.1) is 0 Å². The van der Waals surface area contributed by atoms with Crippen LogP contribution < -0.4 is 16.0 Å². The molecule has 22 heavy (non-hydrogen) atoms. The van der Waals surface area contributed by atoms with Gasteiger partial charge in [0, 0.05) is 20.3 Å². The van der Waals surface area contributed by atoms with Crippen LogP contribution in [-0.2, 0) is 24.1 Å². The average molecular weight is 345 g/mol. The summed E-state index contributed by atoms with van der Waals surface area (Å²) in [6.07, 6.45) is -5.60. The molecule has 1 atom stereocenters. The van der Waals surface area contributed by atoms with Crippen LogP contribution in [0.25, 0.3) is 0 Å². The largest absolute Gasteiger partial charge is 0.395 e. The van der Waals surface area contributed by atoms with Gasteiger partial charge in [0.2, 0.25) is 10.0 Å². The third-order valence-electron chi connectivity index (χ3n) is 2.72. The zero-order chi connectivity index (χ0) is 17.3. The highest BCUT2D eigenvalue weighted by molar-refractivity contribution is 7.89. The highest BCUT2D eigenvalue weighted by atomic mass is 32.2. The molecule has 126 valence electrons. The van der Waals surface area contributed by atoms with Gasteiger partial charge in [0.25, 0.3) is 5.56 Å². The molecule has 1 aromatic heterocycles. The summed E-state index contributed by atoms with van der Waals surface area (Å²) in [5, 5.41) is 8.86. The quantitative estimate of drug-likeness (QED) is 0.687. The van der Waals surface area contributed by atoms with Gasteiger partial charge in [-0.05, 0) is 0 Å². The number of nitrogens with zero attached hydrogens (tertiary/aromatic N) is 2. The van der Waals surface area contributed by atoms with Gasteiger partial charge in [-0.25, -0.2) is 17.9 Å². The van der Waals surface area contributed by atoms with Crippen LogP contribution in [0.15, 0.2) is 20.7 Å². The van der Waals surface area contributed by atoms with E-state index in [4.69, 9.17) is 5.11 Å². The Morgan fingerprint density at radius 1 is 1.32 bits per heavy atom. The fraction of sp³-hybridized carbons (Fsp3) is 0.600. The topological polar surface area (TPSA) is 110 Å². The lowest BCUT2D eigenvalue weighted by atomic mass is 10.2. The minimum absolute atomic E-state index is 0.506. The third-order valence-corrected chi connectivity index (χ3v) is 4.23. The number of hydrogen-bond acceptors (Lipinski definition) is 5. The summed E-state index contributed by atoms with van der Waals surface area (Å²) in [6.45, 7) is -1.11. The SMILES string of the molecule is Cn1cc(S(=O)(=O)NC(CO)CC(F)(F)F)c(=O)n(C)c1=O. The zero-order valence-electron chi connectivity index (χ0n) is 11.6. The van der Waals surface area contributed by atoms with Crippen molar-refractivity contribution in [3.05, 3.63) is 27.0 Å². The molecule has 0 aliphatic carbocycles. The van der Waals surface area contributed by atoms with E-state index in [1.807, 2.05) is 0 Å². The first-order valence-corrected chi connectivity index (χ1v) is 7.34. The van der Waals surface area contributed by atoms with Crippen LogP contribution in [-0.4, -0.2) is 41.5 Å². The second kappa shape index (κ2) is 6.22. The summed E-state index contributed by atoms with van der Waals surface area (Å²) < 4.78 is 63.7. The first kappa shape index (κ1) is 18.4. The van der Waals surface area contributed by atoms with Crippen molar-refractivity contribution in [2.24, 2.45) is 14.1 Å². The number of halogens is 3. The highest BCUT2D eigenvalue weighted by Gasteiger charge is 2.34. The van der Waals surface area contributed by atoms with E-state index in [1.165, 1.54) is 7.05 Å². The molecule has 0 aliphatic rings. The fourth-order valence-corrected chi connectivity index (χ4v) is 3.05. The molecule has 0 aromatic carbocycles. The van der Waals surface area contributed by atoms with Crippen LogP contribution in [0.3, 0.4) is 0 Å². The van der Waals surface area contributed by atoms with Gasteiger partial charge in [-0.3, -0.25) is 9.36 Å². The second-order valence-electron chi connectivity index (χ2n) is 4.57. The summed E-state index contributed by atoms with van der Waals surface area (Å²) in [6, 6.07) is -1.84. The molecule has 0 saturated carbocycles. The van der Waals surface area contributed by atoms with Crippen LogP contribution in [0.4, 0.5) is 13.2 Å². The maximum absolute atomic E-state index is 12.3. The average Bonchev–Trinajstić information content (AvgIpc) is 2.37.